The summed E-state index contributed by atoms with van der Waals surface area (Å²) in [6, 6.07) is 3.36. The fourth-order valence-electron chi connectivity index (χ4n) is 3.73. The minimum atomic E-state index is -3.38. The summed E-state index contributed by atoms with van der Waals surface area (Å²) in [5.74, 6) is -0.155. The lowest BCUT2D eigenvalue weighted by molar-refractivity contribution is 0.190. The van der Waals surface area contributed by atoms with Gasteiger partial charge >= 0.3 is 0 Å². The Morgan fingerprint density at radius 3 is 2.74 bits per heavy atom. The third-order valence-corrected chi connectivity index (χ3v) is 7.51. The second kappa shape index (κ2) is 6.84. The summed E-state index contributed by atoms with van der Waals surface area (Å²) in [5, 5.41) is 3.89. The molecule has 0 radical (unpaired) electrons. The van der Waals surface area contributed by atoms with E-state index in [0.29, 0.717) is 25.1 Å². The van der Waals surface area contributed by atoms with Crippen LogP contribution in [0.1, 0.15) is 28.5 Å². The Hall–Kier alpha value is -1.49. The highest BCUT2D eigenvalue weighted by atomic mass is 32.2. The summed E-state index contributed by atoms with van der Waals surface area (Å²) in [7, 11) is -3.38. The molecule has 0 aliphatic carbocycles. The van der Waals surface area contributed by atoms with E-state index in [4.69, 9.17) is 5.73 Å². The molecule has 2 aliphatic rings. The number of nitrogens with zero attached hydrogens (tertiary/aromatic N) is 3. The summed E-state index contributed by atoms with van der Waals surface area (Å²) in [4.78, 5) is 2.22. The molecule has 146 valence electrons. The highest BCUT2D eigenvalue weighted by Gasteiger charge is 2.37. The molecule has 0 saturated carbocycles. The van der Waals surface area contributed by atoms with Gasteiger partial charge in [-0.3, -0.25) is 4.90 Å². The van der Waals surface area contributed by atoms with Gasteiger partial charge in [0.15, 0.2) is 0 Å². The van der Waals surface area contributed by atoms with Crippen molar-refractivity contribution in [2.45, 2.75) is 36.8 Å². The molecule has 2 N–H and O–H groups in total. The molecule has 2 aromatic rings. The Morgan fingerprint density at radius 1 is 1.30 bits per heavy atom. The third kappa shape index (κ3) is 3.63. The third-order valence-electron chi connectivity index (χ3n) is 5.10. The van der Waals surface area contributed by atoms with Crippen LogP contribution >= 0.6 is 11.8 Å². The number of hydrogen-bond donors (Lipinski definition) is 1. The molecule has 27 heavy (non-hydrogen) atoms. The van der Waals surface area contributed by atoms with Gasteiger partial charge < -0.3 is 5.73 Å². The summed E-state index contributed by atoms with van der Waals surface area (Å²) in [6.07, 6.45) is 3.34. The van der Waals surface area contributed by atoms with Crippen LogP contribution < -0.4 is 5.73 Å². The van der Waals surface area contributed by atoms with Gasteiger partial charge in [-0.2, -0.15) is 20.9 Å². The number of thioether (sulfide) groups is 1. The van der Waals surface area contributed by atoms with Gasteiger partial charge in [0, 0.05) is 53.5 Å². The molecular weight excluding hydrogens is 394 g/mol. The van der Waals surface area contributed by atoms with Gasteiger partial charge in [0.25, 0.3) is 10.0 Å². The largest absolute Gasteiger partial charge is 0.326 e. The summed E-state index contributed by atoms with van der Waals surface area (Å²) in [6.45, 7) is 1.18. The number of halogens is 2. The molecule has 0 unspecified atom stereocenters. The van der Waals surface area contributed by atoms with Crippen molar-refractivity contribution in [2.24, 2.45) is 5.73 Å². The number of fused-ring (bicyclic) bond motifs is 1. The fraction of sp³-hybridized carbons (Fsp3) is 0.471. The van der Waals surface area contributed by atoms with Crippen molar-refractivity contribution in [1.29, 1.82) is 0 Å². The van der Waals surface area contributed by atoms with Crippen LogP contribution in [0, 0.1) is 11.6 Å². The maximum Gasteiger partial charge on any atom is 0.250 e. The molecular formula is C17H20F2N4O2S2. The second-order valence-corrected chi connectivity index (χ2v) is 10.1. The topological polar surface area (TPSA) is 81.2 Å². The van der Waals surface area contributed by atoms with Crippen LogP contribution in [-0.2, 0) is 23.1 Å². The fourth-order valence-corrected chi connectivity index (χ4v) is 5.79. The van der Waals surface area contributed by atoms with E-state index >= 15 is 0 Å². The Morgan fingerprint density at radius 2 is 2.07 bits per heavy atom. The average Bonchev–Trinajstić information content (AvgIpc) is 3.16. The number of hydrogen-bond acceptors (Lipinski definition) is 6. The molecule has 0 amide bonds. The molecule has 2 aliphatic heterocycles. The molecule has 6 nitrogen and oxygen atoms in total. The SMILES string of the molecule is CS(=O)(=O)n1cc2c(n1)CN([C@H]1CS[C@H](c3cc(F)ccc3F)[C@@H](N)C1)C2. The maximum atomic E-state index is 14.1. The van der Waals surface area contributed by atoms with Crippen LogP contribution in [0.5, 0.6) is 0 Å². The summed E-state index contributed by atoms with van der Waals surface area (Å²) >= 11 is 1.54. The Balaban J connectivity index is 1.44. The summed E-state index contributed by atoms with van der Waals surface area (Å²) in [5.41, 5.74) is 8.30. The minimum Gasteiger partial charge on any atom is -0.326 e. The quantitative estimate of drug-likeness (QED) is 0.826. The molecule has 1 fully saturated rings. The van der Waals surface area contributed by atoms with Crippen LogP contribution in [0.15, 0.2) is 24.4 Å². The Labute approximate surface area is 160 Å². The zero-order chi connectivity index (χ0) is 19.3. The molecule has 1 saturated heterocycles. The van der Waals surface area contributed by atoms with E-state index in [0.717, 1.165) is 39.5 Å². The number of rotatable bonds is 3. The maximum absolute atomic E-state index is 14.1. The molecule has 10 heteroatoms. The highest BCUT2D eigenvalue weighted by Crippen LogP contribution is 2.41. The van der Waals surface area contributed by atoms with Crippen molar-refractivity contribution in [3.63, 3.8) is 0 Å². The van der Waals surface area contributed by atoms with Crippen molar-refractivity contribution in [3.8, 4) is 0 Å². The first kappa shape index (κ1) is 18.9. The van der Waals surface area contributed by atoms with Crippen molar-refractivity contribution in [2.75, 3.05) is 12.0 Å². The molecule has 1 aromatic carbocycles. The van der Waals surface area contributed by atoms with E-state index < -0.39 is 21.7 Å². The van der Waals surface area contributed by atoms with Gasteiger partial charge in [-0.25, -0.2) is 17.2 Å². The normalized spacial score (nSPS) is 26.3. The predicted molar refractivity (Wildman–Crippen MR) is 99.7 cm³/mol. The van der Waals surface area contributed by atoms with Gasteiger partial charge in [-0.05, 0) is 24.6 Å². The van der Waals surface area contributed by atoms with Gasteiger partial charge in [0.1, 0.15) is 11.6 Å². The molecule has 4 rings (SSSR count). The standard InChI is InChI=1S/C17H20F2N4O2S2/c1-27(24,25)23-7-10-6-22(8-16(10)21-23)12-5-15(20)17(26-9-12)13-4-11(18)2-3-14(13)19/h2-4,7,12,15,17H,5-6,8-9,20H2,1H3/t12-,15+,17-/m1/s1. The molecule has 1 aromatic heterocycles. The van der Waals surface area contributed by atoms with Crippen LogP contribution in [0.3, 0.4) is 0 Å². The first-order valence-electron chi connectivity index (χ1n) is 8.56. The van der Waals surface area contributed by atoms with Crippen molar-refractivity contribution in [1.82, 2.24) is 14.1 Å². The molecule has 0 bridgehead atoms. The van der Waals surface area contributed by atoms with Crippen molar-refractivity contribution >= 4 is 21.8 Å². The average molecular weight is 415 g/mol. The van der Waals surface area contributed by atoms with E-state index in [1.54, 1.807) is 6.20 Å². The zero-order valence-corrected chi connectivity index (χ0v) is 16.3. The predicted octanol–water partition coefficient (Wildman–Crippen LogP) is 1.86. The number of nitrogens with two attached hydrogens (primary N) is 1. The van der Waals surface area contributed by atoms with Gasteiger partial charge in [0.05, 0.1) is 11.9 Å². The molecule has 3 heterocycles. The number of aromatic nitrogens is 2. The smallest absolute Gasteiger partial charge is 0.250 e. The Kier molecular flexibility index (Phi) is 4.77. The monoisotopic (exact) mass is 414 g/mol. The van der Waals surface area contributed by atoms with E-state index in [1.165, 1.54) is 17.8 Å². The van der Waals surface area contributed by atoms with Crippen LogP contribution in [0.25, 0.3) is 0 Å². The van der Waals surface area contributed by atoms with Gasteiger partial charge in [0.2, 0.25) is 0 Å². The van der Waals surface area contributed by atoms with Crippen LogP contribution in [0.2, 0.25) is 0 Å². The lowest BCUT2D eigenvalue weighted by atomic mass is 9.98. The lowest BCUT2D eigenvalue weighted by Gasteiger charge is -2.38. The minimum absolute atomic E-state index is 0.179. The van der Waals surface area contributed by atoms with E-state index in [2.05, 4.69) is 10.00 Å². The molecule has 3 atom stereocenters. The van der Waals surface area contributed by atoms with Crippen LogP contribution in [0.4, 0.5) is 8.78 Å². The van der Waals surface area contributed by atoms with E-state index in [1.807, 2.05) is 0 Å². The van der Waals surface area contributed by atoms with E-state index in [-0.39, 0.29) is 17.3 Å². The van der Waals surface area contributed by atoms with Gasteiger partial charge in [-0.1, -0.05) is 0 Å². The highest BCUT2D eigenvalue weighted by molar-refractivity contribution is 7.99. The van der Waals surface area contributed by atoms with Crippen molar-refractivity contribution < 1.29 is 17.2 Å². The molecule has 0 spiro atoms. The Bertz CT molecular complexity index is 956. The lowest BCUT2D eigenvalue weighted by Crippen LogP contribution is -2.44. The first-order chi connectivity index (χ1) is 12.7. The van der Waals surface area contributed by atoms with E-state index in [9.17, 15) is 17.2 Å². The van der Waals surface area contributed by atoms with Crippen LogP contribution in [-0.4, -0.2) is 46.6 Å². The zero-order valence-electron chi connectivity index (χ0n) is 14.7. The van der Waals surface area contributed by atoms with Crippen molar-refractivity contribution in [3.05, 3.63) is 52.9 Å². The number of benzene rings is 1. The van der Waals surface area contributed by atoms with Gasteiger partial charge in [-0.15, -0.1) is 0 Å². The first-order valence-corrected chi connectivity index (χ1v) is 11.5. The summed E-state index contributed by atoms with van der Waals surface area (Å²) < 4.78 is 51.8. The second-order valence-electron chi connectivity index (χ2n) is 7.11.